The van der Waals surface area contributed by atoms with Crippen LogP contribution in [0.4, 0.5) is 0 Å². The summed E-state index contributed by atoms with van der Waals surface area (Å²) in [7, 11) is 0. The molecule has 4 aromatic rings. The van der Waals surface area contributed by atoms with Crippen LogP contribution in [0.2, 0.25) is 0 Å². The topological polar surface area (TPSA) is 116 Å². The number of benzene rings is 2. The predicted octanol–water partition coefficient (Wildman–Crippen LogP) is 4.58. The van der Waals surface area contributed by atoms with Gasteiger partial charge in [-0.3, -0.25) is 24.0 Å². The van der Waals surface area contributed by atoms with Crippen LogP contribution in [-0.4, -0.2) is 57.0 Å². The minimum absolute atomic E-state index is 0.0260. The monoisotopic (exact) mass is 579 g/mol. The number of hydrogen-bond acceptors (Lipinski definition) is 7. The Morgan fingerprint density at radius 3 is 2.72 bits per heavy atom. The van der Waals surface area contributed by atoms with Crippen molar-refractivity contribution in [2.75, 3.05) is 19.7 Å². The molecule has 1 unspecified atom stereocenters. The number of carbonyl (C=O) groups is 3. The summed E-state index contributed by atoms with van der Waals surface area (Å²) in [6.45, 7) is 6.50. The van der Waals surface area contributed by atoms with E-state index in [-0.39, 0.29) is 30.2 Å². The van der Waals surface area contributed by atoms with Crippen LogP contribution in [-0.2, 0) is 17.8 Å². The van der Waals surface area contributed by atoms with Gasteiger partial charge in [0.25, 0.3) is 5.91 Å². The number of nitrogens with one attached hydrogen (secondary N) is 1. The van der Waals surface area contributed by atoms with E-state index in [4.69, 9.17) is 9.47 Å². The van der Waals surface area contributed by atoms with Crippen LogP contribution in [0.3, 0.4) is 0 Å². The van der Waals surface area contributed by atoms with Gasteiger partial charge in [-0.05, 0) is 80.6 Å². The number of Topliss-reactive ketones (excluding diaryl/α,β-unsaturated/α-hetero) is 1. The first-order chi connectivity index (χ1) is 20.8. The number of pyridine rings is 1. The average Bonchev–Trinajstić information content (AvgIpc) is 3.28. The Balaban J connectivity index is 1.38. The maximum Gasteiger partial charge on any atom is 0.252 e. The quantitative estimate of drug-likeness (QED) is 0.354. The number of amides is 2. The molecule has 0 fully saturated rings. The highest BCUT2D eigenvalue weighted by atomic mass is 16.5. The fourth-order valence-corrected chi connectivity index (χ4v) is 5.95. The van der Waals surface area contributed by atoms with Gasteiger partial charge in [0.1, 0.15) is 23.8 Å². The number of aryl methyl sites for hydroxylation is 1. The van der Waals surface area contributed by atoms with Gasteiger partial charge in [0.05, 0.1) is 35.7 Å². The fourth-order valence-electron chi connectivity index (χ4n) is 5.95. The molecule has 0 saturated heterocycles. The van der Waals surface area contributed by atoms with Gasteiger partial charge in [0, 0.05) is 25.0 Å². The molecule has 3 aliphatic rings. The molecule has 1 atom stereocenters. The van der Waals surface area contributed by atoms with Crippen molar-refractivity contribution in [3.05, 3.63) is 100 Å². The van der Waals surface area contributed by atoms with E-state index >= 15 is 0 Å². The standard InChI is InChI=1S/C33H33N5O5/c1-20-31(22(3)39)21(2)38(36-20)19-30(40)37-12-10-23-14-27-8-9-29(23)32(37)24-6-4-7-26(15-24)42-13-5-11-35-33(41)25-16-28(43-27)18-34-17-25/h4,6-9,14-18,32H,5,10-13,19H2,1-3H3,(H,35,41). The Morgan fingerprint density at radius 2 is 1.91 bits per heavy atom. The second-order valence-electron chi connectivity index (χ2n) is 10.9. The van der Waals surface area contributed by atoms with E-state index < -0.39 is 0 Å². The van der Waals surface area contributed by atoms with Crippen LogP contribution in [0.15, 0.2) is 60.9 Å². The molecular formula is C33H33N5O5. The number of nitrogens with zero attached hydrogens (tertiary/aromatic N) is 4. The molecule has 2 aromatic carbocycles. The first-order valence-electron chi connectivity index (χ1n) is 14.4. The van der Waals surface area contributed by atoms with Gasteiger partial charge in [0.2, 0.25) is 5.91 Å². The molecule has 10 nitrogen and oxygen atoms in total. The van der Waals surface area contributed by atoms with E-state index in [1.165, 1.54) is 13.1 Å². The van der Waals surface area contributed by atoms with Crippen molar-refractivity contribution >= 4 is 17.6 Å². The third kappa shape index (κ3) is 5.73. The summed E-state index contributed by atoms with van der Waals surface area (Å²) < 4.78 is 13.8. The molecule has 43 heavy (non-hydrogen) atoms. The highest BCUT2D eigenvalue weighted by Crippen LogP contribution is 2.39. The molecule has 0 saturated carbocycles. The summed E-state index contributed by atoms with van der Waals surface area (Å²) >= 11 is 0. The number of hydrogen-bond donors (Lipinski definition) is 1. The van der Waals surface area contributed by atoms with Crippen LogP contribution < -0.4 is 14.8 Å². The number of ketones is 1. The van der Waals surface area contributed by atoms with E-state index in [1.54, 1.807) is 23.9 Å². The summed E-state index contributed by atoms with van der Waals surface area (Å²) in [6, 6.07) is 15.0. The molecule has 7 rings (SSSR count). The van der Waals surface area contributed by atoms with Gasteiger partial charge in [-0.25, -0.2) is 0 Å². The number of fused-ring (bicyclic) bond motifs is 6. The van der Waals surface area contributed by atoms with Gasteiger partial charge in [-0.2, -0.15) is 5.10 Å². The zero-order chi connectivity index (χ0) is 30.1. The van der Waals surface area contributed by atoms with Crippen molar-refractivity contribution in [1.29, 1.82) is 0 Å². The predicted molar refractivity (Wildman–Crippen MR) is 159 cm³/mol. The average molecular weight is 580 g/mol. The Labute approximate surface area is 249 Å². The SMILES string of the molecule is CC(=O)c1c(C)nn(CC(=O)N2CCc3cc4ccc3C2c2cccc(c2)OCCCNC(=O)c2cncc(c2)O4)c1C. The summed E-state index contributed by atoms with van der Waals surface area (Å²) in [5.74, 6) is 1.38. The molecule has 0 spiro atoms. The largest absolute Gasteiger partial charge is 0.494 e. The van der Waals surface area contributed by atoms with Crippen molar-refractivity contribution in [1.82, 2.24) is 25.0 Å². The maximum atomic E-state index is 14.0. The van der Waals surface area contributed by atoms with Gasteiger partial charge in [-0.1, -0.05) is 18.2 Å². The van der Waals surface area contributed by atoms with E-state index in [0.29, 0.717) is 72.3 Å². The minimum Gasteiger partial charge on any atom is -0.494 e. The molecule has 5 heterocycles. The molecule has 2 amide bonds. The number of rotatable bonds is 3. The normalized spacial score (nSPS) is 16.4. The lowest BCUT2D eigenvalue weighted by molar-refractivity contribution is -0.134. The number of ether oxygens (including phenoxy) is 2. The smallest absolute Gasteiger partial charge is 0.252 e. The van der Waals surface area contributed by atoms with Crippen LogP contribution in [0.25, 0.3) is 0 Å². The maximum absolute atomic E-state index is 14.0. The summed E-state index contributed by atoms with van der Waals surface area (Å²) in [5, 5.41) is 7.41. The van der Waals surface area contributed by atoms with Crippen LogP contribution in [0, 0.1) is 13.8 Å². The van der Waals surface area contributed by atoms with Crippen molar-refractivity contribution in [3.8, 4) is 17.2 Å². The third-order valence-corrected chi connectivity index (χ3v) is 7.94. The lowest BCUT2D eigenvalue weighted by Gasteiger charge is -2.38. The summed E-state index contributed by atoms with van der Waals surface area (Å²) in [6.07, 6.45) is 4.33. The molecule has 10 heteroatoms. The Kier molecular flexibility index (Phi) is 7.67. The fraction of sp³-hybridized carbons (Fsp3) is 0.303. The Hall–Kier alpha value is -4.99. The van der Waals surface area contributed by atoms with Gasteiger partial charge < -0.3 is 19.7 Å². The van der Waals surface area contributed by atoms with Crippen molar-refractivity contribution in [3.63, 3.8) is 0 Å². The van der Waals surface area contributed by atoms with Crippen LogP contribution >= 0.6 is 0 Å². The number of aromatic nitrogens is 3. The van der Waals surface area contributed by atoms with Crippen LogP contribution in [0.5, 0.6) is 17.2 Å². The first kappa shape index (κ1) is 28.1. The van der Waals surface area contributed by atoms with Gasteiger partial charge >= 0.3 is 0 Å². The molecular weight excluding hydrogens is 546 g/mol. The van der Waals surface area contributed by atoms with Crippen LogP contribution in [0.1, 0.15) is 68.2 Å². The lowest BCUT2D eigenvalue weighted by Crippen LogP contribution is -2.42. The van der Waals surface area contributed by atoms with Gasteiger partial charge in [-0.15, -0.1) is 0 Å². The lowest BCUT2D eigenvalue weighted by atomic mass is 9.87. The molecule has 8 bridgehead atoms. The third-order valence-electron chi connectivity index (χ3n) is 7.94. The molecule has 2 aromatic heterocycles. The number of carbonyl (C=O) groups excluding carboxylic acids is 3. The molecule has 3 aliphatic heterocycles. The summed E-state index contributed by atoms with van der Waals surface area (Å²) in [5.41, 5.74) is 5.26. The molecule has 0 radical (unpaired) electrons. The van der Waals surface area contributed by atoms with E-state index in [2.05, 4.69) is 15.4 Å². The van der Waals surface area contributed by atoms with Crippen molar-refractivity contribution in [2.45, 2.75) is 46.2 Å². The molecule has 220 valence electrons. The van der Waals surface area contributed by atoms with E-state index in [9.17, 15) is 14.4 Å². The van der Waals surface area contributed by atoms with Crippen molar-refractivity contribution in [2.24, 2.45) is 0 Å². The second-order valence-corrected chi connectivity index (χ2v) is 10.9. The molecule has 1 N–H and O–H groups in total. The zero-order valence-electron chi connectivity index (χ0n) is 24.4. The molecule has 0 aliphatic carbocycles. The Bertz CT molecular complexity index is 1730. The minimum atomic E-state index is -0.360. The highest BCUT2D eigenvalue weighted by molar-refractivity contribution is 5.96. The zero-order valence-corrected chi connectivity index (χ0v) is 24.4. The first-order valence-corrected chi connectivity index (χ1v) is 14.4. The second kappa shape index (κ2) is 11.7. The van der Waals surface area contributed by atoms with E-state index in [1.807, 2.05) is 54.3 Å². The van der Waals surface area contributed by atoms with Gasteiger partial charge in [0.15, 0.2) is 5.78 Å². The summed E-state index contributed by atoms with van der Waals surface area (Å²) in [4.78, 5) is 44.8. The van der Waals surface area contributed by atoms with Crippen molar-refractivity contribution < 1.29 is 23.9 Å². The van der Waals surface area contributed by atoms with E-state index in [0.717, 1.165) is 16.7 Å². The highest BCUT2D eigenvalue weighted by Gasteiger charge is 2.33. The Morgan fingerprint density at radius 1 is 1.05 bits per heavy atom.